The van der Waals surface area contributed by atoms with Crippen LogP contribution in [0.2, 0.25) is 0 Å². The minimum atomic E-state index is -0.780. The molecule has 2 fully saturated rings. The van der Waals surface area contributed by atoms with E-state index in [1.165, 1.54) is 5.56 Å². The van der Waals surface area contributed by atoms with E-state index in [4.69, 9.17) is 9.26 Å². The average Bonchev–Trinajstić information content (AvgIpc) is 3.43. The molecule has 3 aliphatic rings. The molecule has 1 N–H and O–H groups in total. The van der Waals surface area contributed by atoms with Crippen LogP contribution in [0.4, 0.5) is 11.5 Å². The molecule has 1 aromatic carbocycles. The van der Waals surface area contributed by atoms with Crippen LogP contribution in [0.25, 0.3) is 0 Å². The van der Waals surface area contributed by atoms with Crippen molar-refractivity contribution in [3.8, 4) is 0 Å². The van der Waals surface area contributed by atoms with E-state index < -0.39 is 17.4 Å². The SMILES string of the molecule is Cc1cc(N2C[C@]34C=C[C@@H](O3)C(C(=O)Nc3ccc(C(C)C)cc3)C4C2=O)no1. The number of benzene rings is 1. The number of aryl methyl sites for hydroxylation is 1. The molecule has 29 heavy (non-hydrogen) atoms. The lowest BCUT2D eigenvalue weighted by molar-refractivity contribution is -0.128. The molecule has 0 aliphatic carbocycles. The van der Waals surface area contributed by atoms with Gasteiger partial charge in [-0.15, -0.1) is 0 Å². The van der Waals surface area contributed by atoms with Gasteiger partial charge in [0.15, 0.2) is 5.82 Å². The largest absolute Gasteiger partial charge is 0.360 e. The van der Waals surface area contributed by atoms with Crippen LogP contribution in [0.15, 0.2) is 47.0 Å². The van der Waals surface area contributed by atoms with Gasteiger partial charge in [-0.25, -0.2) is 0 Å². The van der Waals surface area contributed by atoms with E-state index in [1.54, 1.807) is 17.9 Å². The fourth-order valence-electron chi connectivity index (χ4n) is 4.65. The van der Waals surface area contributed by atoms with Crippen molar-refractivity contribution in [2.45, 2.75) is 38.4 Å². The van der Waals surface area contributed by atoms with Crippen LogP contribution in [-0.4, -0.2) is 35.2 Å². The summed E-state index contributed by atoms with van der Waals surface area (Å²) in [5, 5.41) is 6.93. The second kappa shape index (κ2) is 6.29. The molecule has 0 radical (unpaired) electrons. The van der Waals surface area contributed by atoms with E-state index in [9.17, 15) is 9.59 Å². The topological polar surface area (TPSA) is 84.7 Å². The van der Waals surface area contributed by atoms with Crippen LogP contribution in [0.3, 0.4) is 0 Å². The summed E-state index contributed by atoms with van der Waals surface area (Å²) in [5.41, 5.74) is 1.14. The molecule has 4 atom stereocenters. The van der Waals surface area contributed by atoms with Crippen LogP contribution in [0.1, 0.15) is 31.1 Å². The summed E-state index contributed by atoms with van der Waals surface area (Å²) in [6.07, 6.45) is 3.43. The number of rotatable bonds is 4. The molecule has 2 saturated heterocycles. The first-order valence-corrected chi connectivity index (χ1v) is 9.91. The van der Waals surface area contributed by atoms with Crippen molar-refractivity contribution >= 4 is 23.3 Å². The highest BCUT2D eigenvalue weighted by Gasteiger charge is 2.67. The number of hydrogen-bond acceptors (Lipinski definition) is 5. The number of ether oxygens (including phenoxy) is 1. The number of hydrogen-bond donors (Lipinski definition) is 1. The minimum Gasteiger partial charge on any atom is -0.360 e. The van der Waals surface area contributed by atoms with Gasteiger partial charge in [0.1, 0.15) is 11.4 Å². The average molecular weight is 393 g/mol. The Bertz CT molecular complexity index is 1010. The first kappa shape index (κ1) is 18.1. The Kier molecular flexibility index (Phi) is 3.93. The number of fused-ring (bicyclic) bond motifs is 1. The van der Waals surface area contributed by atoms with Crippen LogP contribution >= 0.6 is 0 Å². The van der Waals surface area contributed by atoms with Gasteiger partial charge in [-0.3, -0.25) is 14.5 Å². The Balaban J connectivity index is 1.39. The van der Waals surface area contributed by atoms with Gasteiger partial charge in [-0.1, -0.05) is 43.3 Å². The zero-order valence-corrected chi connectivity index (χ0v) is 16.6. The highest BCUT2D eigenvalue weighted by Crippen LogP contribution is 2.52. The fraction of sp³-hybridized carbons (Fsp3) is 0.409. The fourth-order valence-corrected chi connectivity index (χ4v) is 4.65. The normalized spacial score (nSPS) is 29.7. The summed E-state index contributed by atoms with van der Waals surface area (Å²) in [6.45, 7) is 6.36. The van der Waals surface area contributed by atoms with Crippen LogP contribution in [0, 0.1) is 18.8 Å². The second-order valence-corrected chi connectivity index (χ2v) is 8.39. The molecule has 7 nitrogen and oxygen atoms in total. The third-order valence-corrected chi connectivity index (χ3v) is 6.14. The lowest BCUT2D eigenvalue weighted by Gasteiger charge is -2.23. The molecule has 4 heterocycles. The van der Waals surface area contributed by atoms with E-state index in [0.717, 1.165) is 5.69 Å². The second-order valence-electron chi connectivity index (χ2n) is 8.39. The highest BCUT2D eigenvalue weighted by atomic mass is 16.5. The molecular formula is C22H23N3O4. The van der Waals surface area contributed by atoms with Crippen LogP contribution in [-0.2, 0) is 14.3 Å². The summed E-state index contributed by atoms with van der Waals surface area (Å²) < 4.78 is 11.3. The molecule has 2 unspecified atom stereocenters. The Hall–Kier alpha value is -2.93. The Morgan fingerprint density at radius 1 is 1.31 bits per heavy atom. The van der Waals surface area contributed by atoms with Crippen molar-refractivity contribution < 1.29 is 18.8 Å². The van der Waals surface area contributed by atoms with Gasteiger partial charge in [-0.05, 0) is 30.5 Å². The van der Waals surface area contributed by atoms with Crippen LogP contribution < -0.4 is 10.2 Å². The number of nitrogens with one attached hydrogen (secondary N) is 1. The lowest BCUT2D eigenvalue weighted by Crippen LogP contribution is -2.41. The summed E-state index contributed by atoms with van der Waals surface area (Å²) >= 11 is 0. The molecule has 0 saturated carbocycles. The summed E-state index contributed by atoms with van der Waals surface area (Å²) in [5.74, 6) is 0.0172. The van der Waals surface area contributed by atoms with Gasteiger partial charge in [0.2, 0.25) is 11.8 Å². The lowest BCUT2D eigenvalue weighted by atomic mass is 9.76. The van der Waals surface area contributed by atoms with Crippen molar-refractivity contribution in [2.24, 2.45) is 11.8 Å². The van der Waals surface area contributed by atoms with Crippen molar-refractivity contribution in [3.05, 3.63) is 53.8 Å². The van der Waals surface area contributed by atoms with E-state index in [1.807, 2.05) is 36.4 Å². The zero-order valence-electron chi connectivity index (χ0n) is 16.6. The number of nitrogens with zero attached hydrogens (tertiary/aromatic N) is 2. The molecule has 5 rings (SSSR count). The van der Waals surface area contributed by atoms with Gasteiger partial charge in [0.25, 0.3) is 0 Å². The number of anilines is 2. The van der Waals surface area contributed by atoms with Crippen molar-refractivity contribution in [1.29, 1.82) is 0 Å². The summed E-state index contributed by atoms with van der Waals surface area (Å²) in [4.78, 5) is 27.9. The van der Waals surface area contributed by atoms with Gasteiger partial charge in [0.05, 0.1) is 24.5 Å². The number of carbonyl (C=O) groups excluding carboxylic acids is 2. The van der Waals surface area contributed by atoms with E-state index in [0.29, 0.717) is 24.0 Å². The van der Waals surface area contributed by atoms with Crippen molar-refractivity contribution in [3.63, 3.8) is 0 Å². The van der Waals surface area contributed by atoms with E-state index in [-0.39, 0.29) is 17.9 Å². The van der Waals surface area contributed by atoms with Gasteiger partial charge >= 0.3 is 0 Å². The maximum atomic E-state index is 13.2. The third kappa shape index (κ3) is 2.72. The quantitative estimate of drug-likeness (QED) is 0.807. The third-order valence-electron chi connectivity index (χ3n) is 6.14. The molecule has 1 aromatic heterocycles. The summed E-state index contributed by atoms with van der Waals surface area (Å²) in [6, 6.07) is 9.53. The van der Waals surface area contributed by atoms with E-state index >= 15 is 0 Å². The smallest absolute Gasteiger partial charge is 0.235 e. The maximum Gasteiger partial charge on any atom is 0.235 e. The standard InChI is InChI=1S/C22H23N3O4/c1-12(2)14-4-6-15(7-5-14)23-20(26)18-16-8-9-22(28-16)11-25(21(27)19(18)22)17-10-13(3)29-24-17/h4-10,12,16,18-19H,11H2,1-3H3,(H,23,26)/t16-,18?,19?,22+/m1/s1. The molecule has 7 heteroatoms. The number of aromatic nitrogens is 1. The molecule has 1 spiro atoms. The Morgan fingerprint density at radius 3 is 2.72 bits per heavy atom. The Labute approximate surface area is 168 Å². The monoisotopic (exact) mass is 393 g/mol. The number of amides is 2. The molecular weight excluding hydrogens is 370 g/mol. The summed E-state index contributed by atoms with van der Waals surface area (Å²) in [7, 11) is 0. The van der Waals surface area contributed by atoms with Gasteiger partial charge < -0.3 is 14.6 Å². The van der Waals surface area contributed by atoms with Crippen LogP contribution in [0.5, 0.6) is 0 Å². The molecule has 2 amide bonds. The van der Waals surface area contributed by atoms with Gasteiger partial charge in [0, 0.05) is 11.8 Å². The molecule has 2 bridgehead atoms. The Morgan fingerprint density at radius 2 is 2.07 bits per heavy atom. The molecule has 150 valence electrons. The van der Waals surface area contributed by atoms with Crippen molar-refractivity contribution in [2.75, 3.05) is 16.8 Å². The number of carbonyl (C=O) groups is 2. The molecule has 2 aromatic rings. The minimum absolute atomic E-state index is 0.152. The van der Waals surface area contributed by atoms with E-state index in [2.05, 4.69) is 24.3 Å². The highest BCUT2D eigenvalue weighted by molar-refractivity contribution is 6.05. The maximum absolute atomic E-state index is 13.2. The molecule has 3 aliphatic heterocycles. The zero-order chi connectivity index (χ0) is 20.3. The first-order valence-electron chi connectivity index (χ1n) is 9.91. The van der Waals surface area contributed by atoms with Gasteiger partial charge in [-0.2, -0.15) is 0 Å². The first-order chi connectivity index (χ1) is 13.9. The predicted molar refractivity (Wildman–Crippen MR) is 106 cm³/mol. The van der Waals surface area contributed by atoms with Crippen molar-refractivity contribution in [1.82, 2.24) is 5.16 Å². The predicted octanol–water partition coefficient (Wildman–Crippen LogP) is 3.03.